The Morgan fingerprint density at radius 1 is 1.06 bits per heavy atom. The second-order valence-electron chi connectivity index (χ2n) is 7.89. The van der Waals surface area contributed by atoms with Crippen molar-refractivity contribution < 1.29 is 19.1 Å². The molecule has 3 aromatic rings. The van der Waals surface area contributed by atoms with E-state index in [9.17, 15) is 19.6 Å². The van der Waals surface area contributed by atoms with Crippen LogP contribution in [0.5, 0.6) is 5.75 Å². The highest BCUT2D eigenvalue weighted by Crippen LogP contribution is 2.25. The first kappa shape index (κ1) is 22.6. The van der Waals surface area contributed by atoms with Crippen molar-refractivity contribution in [1.29, 1.82) is 5.26 Å². The summed E-state index contributed by atoms with van der Waals surface area (Å²) in [5.74, 6) is -0.686. The molecule has 170 valence electrons. The Kier molecular flexibility index (Phi) is 6.02. The number of urea groups is 1. The number of likely N-dealkylation sites (N-methyl/N-ethyl adjacent to an activating group) is 1. The lowest BCUT2D eigenvalue weighted by Gasteiger charge is -2.22. The average molecular weight is 454 g/mol. The number of hydrogen-bond donors (Lipinski definition) is 1. The zero-order valence-electron chi connectivity index (χ0n) is 19.0. The van der Waals surface area contributed by atoms with Gasteiger partial charge >= 0.3 is 6.03 Å². The lowest BCUT2D eigenvalue weighted by molar-refractivity contribution is -0.129. The summed E-state index contributed by atoms with van der Waals surface area (Å²) >= 11 is 0. The monoisotopic (exact) mass is 454 g/mol. The molecular weight excluding hydrogens is 432 g/mol. The first-order chi connectivity index (χ1) is 16.3. The van der Waals surface area contributed by atoms with Crippen LogP contribution >= 0.6 is 0 Å². The van der Waals surface area contributed by atoms with E-state index in [0.717, 1.165) is 27.5 Å². The van der Waals surface area contributed by atoms with Crippen LogP contribution in [0.2, 0.25) is 0 Å². The molecule has 1 aliphatic rings. The third-order valence-corrected chi connectivity index (χ3v) is 5.70. The number of amides is 4. The summed E-state index contributed by atoms with van der Waals surface area (Å²) in [5, 5.41) is 11.4. The van der Waals surface area contributed by atoms with Gasteiger partial charge in [0.2, 0.25) is 0 Å². The van der Waals surface area contributed by atoms with Crippen molar-refractivity contribution in [2.75, 3.05) is 7.05 Å². The normalized spacial score (nSPS) is 14.8. The number of aryl methyl sites for hydroxylation is 1. The molecule has 2 heterocycles. The van der Waals surface area contributed by atoms with E-state index in [4.69, 9.17) is 4.74 Å². The molecule has 0 saturated carbocycles. The molecule has 0 unspecified atom stereocenters. The number of nitrogens with one attached hydrogen (secondary N) is 1. The molecule has 0 aliphatic carbocycles. The first-order valence-corrected chi connectivity index (χ1v) is 10.6. The van der Waals surface area contributed by atoms with Crippen molar-refractivity contribution in [3.63, 3.8) is 0 Å². The predicted molar refractivity (Wildman–Crippen MR) is 125 cm³/mol. The fraction of sp³-hybridized carbons (Fsp3) is 0.154. The van der Waals surface area contributed by atoms with Gasteiger partial charge < -0.3 is 9.30 Å². The van der Waals surface area contributed by atoms with Gasteiger partial charge in [0.05, 0.1) is 11.6 Å². The number of nitrogens with zero attached hydrogens (tertiary/aromatic N) is 3. The van der Waals surface area contributed by atoms with Gasteiger partial charge in [0.15, 0.2) is 0 Å². The number of rotatable bonds is 5. The van der Waals surface area contributed by atoms with Gasteiger partial charge in [-0.3, -0.25) is 19.8 Å². The molecule has 0 radical (unpaired) electrons. The van der Waals surface area contributed by atoms with Crippen molar-refractivity contribution in [2.24, 2.45) is 0 Å². The van der Waals surface area contributed by atoms with Crippen molar-refractivity contribution >= 4 is 23.9 Å². The fourth-order valence-corrected chi connectivity index (χ4v) is 3.84. The molecule has 0 spiro atoms. The summed E-state index contributed by atoms with van der Waals surface area (Å²) in [4.78, 5) is 37.1. The van der Waals surface area contributed by atoms with E-state index >= 15 is 0 Å². The van der Waals surface area contributed by atoms with Crippen LogP contribution in [0.4, 0.5) is 4.79 Å². The van der Waals surface area contributed by atoms with E-state index in [0.29, 0.717) is 16.9 Å². The van der Waals surface area contributed by atoms with Gasteiger partial charge in [-0.05, 0) is 61.9 Å². The number of benzene rings is 2. The minimum absolute atomic E-state index is 0.0938. The Morgan fingerprint density at radius 2 is 1.76 bits per heavy atom. The Hall–Kier alpha value is -4.64. The SMILES string of the molecule is Cc1cc(/C=C2\C(=O)NC(=O)N(C)C2=O)c(C)n1-c1ccc(OCc2ccccc2C#N)cc1. The molecule has 4 rings (SSSR count). The van der Waals surface area contributed by atoms with Gasteiger partial charge in [-0.2, -0.15) is 5.26 Å². The number of carbonyl (C=O) groups is 3. The van der Waals surface area contributed by atoms with Crippen molar-refractivity contribution in [3.05, 3.63) is 88.2 Å². The molecule has 1 aliphatic heterocycles. The minimum Gasteiger partial charge on any atom is -0.489 e. The van der Waals surface area contributed by atoms with Crippen LogP contribution in [0, 0.1) is 25.2 Å². The molecule has 1 N–H and O–H groups in total. The van der Waals surface area contributed by atoms with Crippen LogP contribution < -0.4 is 10.1 Å². The summed E-state index contributed by atoms with van der Waals surface area (Å²) in [6.07, 6.45) is 1.50. The smallest absolute Gasteiger partial charge is 0.331 e. The third-order valence-electron chi connectivity index (χ3n) is 5.70. The predicted octanol–water partition coefficient (Wildman–Crippen LogP) is 3.64. The van der Waals surface area contributed by atoms with Crippen molar-refractivity contribution in [2.45, 2.75) is 20.5 Å². The molecule has 8 nitrogen and oxygen atoms in total. The number of hydrogen-bond acceptors (Lipinski definition) is 5. The van der Waals surface area contributed by atoms with E-state index < -0.39 is 17.8 Å². The molecule has 4 amide bonds. The summed E-state index contributed by atoms with van der Waals surface area (Å²) in [6.45, 7) is 4.11. The maximum atomic E-state index is 12.4. The van der Waals surface area contributed by atoms with Crippen LogP contribution in [0.1, 0.15) is 28.1 Å². The van der Waals surface area contributed by atoms with Gasteiger partial charge in [0.25, 0.3) is 11.8 Å². The zero-order valence-corrected chi connectivity index (χ0v) is 19.0. The second-order valence-corrected chi connectivity index (χ2v) is 7.89. The molecule has 34 heavy (non-hydrogen) atoms. The van der Waals surface area contributed by atoms with Gasteiger partial charge in [0.1, 0.15) is 17.9 Å². The Labute approximate surface area is 196 Å². The third kappa shape index (κ3) is 4.19. The summed E-state index contributed by atoms with van der Waals surface area (Å²) in [7, 11) is 1.32. The number of nitriles is 1. The number of carbonyl (C=O) groups excluding carboxylic acids is 3. The van der Waals surface area contributed by atoms with Crippen molar-refractivity contribution in [1.82, 2.24) is 14.8 Å². The number of barbiturate groups is 1. The van der Waals surface area contributed by atoms with Gasteiger partial charge in [-0.25, -0.2) is 4.79 Å². The Bertz CT molecular complexity index is 1380. The Balaban J connectivity index is 1.57. The van der Waals surface area contributed by atoms with Gasteiger partial charge in [0, 0.05) is 29.7 Å². The molecule has 0 bridgehead atoms. The van der Waals surface area contributed by atoms with Crippen LogP contribution in [0.3, 0.4) is 0 Å². The van der Waals surface area contributed by atoms with E-state index in [-0.39, 0.29) is 12.2 Å². The largest absolute Gasteiger partial charge is 0.489 e. The Morgan fingerprint density at radius 3 is 2.47 bits per heavy atom. The molecule has 8 heteroatoms. The van der Waals surface area contributed by atoms with Crippen LogP contribution in [0.25, 0.3) is 11.8 Å². The van der Waals surface area contributed by atoms with Crippen LogP contribution in [-0.2, 0) is 16.2 Å². The highest BCUT2D eigenvalue weighted by atomic mass is 16.5. The molecule has 1 saturated heterocycles. The zero-order chi connectivity index (χ0) is 24.4. The topological polar surface area (TPSA) is 104 Å². The van der Waals surface area contributed by atoms with Gasteiger partial charge in [-0.15, -0.1) is 0 Å². The minimum atomic E-state index is -0.740. The summed E-state index contributed by atoms with van der Waals surface area (Å²) in [5.41, 5.74) is 4.64. The maximum absolute atomic E-state index is 12.4. The fourth-order valence-electron chi connectivity index (χ4n) is 3.84. The number of ether oxygens (including phenoxy) is 1. The van der Waals surface area contributed by atoms with E-state index in [1.54, 1.807) is 6.07 Å². The standard InChI is InChI=1S/C26H22N4O4/c1-16-12-20(13-23-24(31)28-26(33)29(3)25(23)32)17(2)30(16)21-8-10-22(11-9-21)34-15-19-7-5-4-6-18(19)14-27/h4-13H,15H2,1-3H3,(H,28,31,33)/b23-13+. The average Bonchev–Trinajstić information content (AvgIpc) is 3.12. The summed E-state index contributed by atoms with van der Waals surface area (Å²) < 4.78 is 7.85. The first-order valence-electron chi connectivity index (χ1n) is 10.6. The molecular formula is C26H22N4O4. The number of imide groups is 2. The summed E-state index contributed by atoms with van der Waals surface area (Å²) in [6, 6.07) is 18.1. The van der Waals surface area contributed by atoms with Crippen LogP contribution in [0.15, 0.2) is 60.2 Å². The second kappa shape index (κ2) is 9.08. The molecule has 1 aromatic heterocycles. The van der Waals surface area contributed by atoms with Crippen molar-refractivity contribution in [3.8, 4) is 17.5 Å². The molecule has 0 atom stereocenters. The van der Waals surface area contributed by atoms with E-state index in [2.05, 4.69) is 11.4 Å². The molecule has 1 fully saturated rings. The highest BCUT2D eigenvalue weighted by molar-refractivity contribution is 6.30. The maximum Gasteiger partial charge on any atom is 0.331 e. The quantitative estimate of drug-likeness (QED) is 0.468. The highest BCUT2D eigenvalue weighted by Gasteiger charge is 2.33. The lowest BCUT2D eigenvalue weighted by Crippen LogP contribution is -2.52. The number of aromatic nitrogens is 1. The van der Waals surface area contributed by atoms with Crippen LogP contribution in [-0.4, -0.2) is 34.4 Å². The van der Waals surface area contributed by atoms with Gasteiger partial charge in [-0.1, -0.05) is 18.2 Å². The van der Waals surface area contributed by atoms with E-state index in [1.807, 2.05) is 66.9 Å². The molecule has 2 aromatic carbocycles. The lowest BCUT2D eigenvalue weighted by atomic mass is 10.1. The van der Waals surface area contributed by atoms with E-state index in [1.165, 1.54) is 13.1 Å².